The molecule has 6 heteroatoms. The van der Waals surface area contributed by atoms with E-state index in [9.17, 15) is 8.42 Å². The maximum atomic E-state index is 11.3. The van der Waals surface area contributed by atoms with Crippen molar-refractivity contribution in [1.29, 1.82) is 0 Å². The van der Waals surface area contributed by atoms with Gasteiger partial charge in [-0.25, -0.2) is 17.4 Å². The van der Waals surface area contributed by atoms with E-state index in [1.807, 2.05) is 22.6 Å². The summed E-state index contributed by atoms with van der Waals surface area (Å²) in [6, 6.07) is 0. The summed E-state index contributed by atoms with van der Waals surface area (Å²) in [5.74, 6) is 0. The molecule has 0 radical (unpaired) electrons. The zero-order chi connectivity index (χ0) is 8.48. The Morgan fingerprint density at radius 2 is 2.27 bits per heavy atom. The molecule has 1 atom stereocenters. The van der Waals surface area contributed by atoms with Gasteiger partial charge in [0.05, 0.1) is 0 Å². The zero-order valence-electron chi connectivity index (χ0n) is 5.81. The summed E-state index contributed by atoms with van der Waals surface area (Å²) in [4.78, 5) is 3.65. The van der Waals surface area contributed by atoms with Gasteiger partial charge in [-0.15, -0.1) is 0 Å². The van der Waals surface area contributed by atoms with Crippen LogP contribution in [0, 0.1) is 0 Å². The van der Waals surface area contributed by atoms with Crippen LogP contribution in [0.4, 0.5) is 0 Å². The lowest BCUT2D eigenvalue weighted by atomic mass is 11.0. The van der Waals surface area contributed by atoms with Crippen LogP contribution in [0.15, 0.2) is 18.7 Å². The summed E-state index contributed by atoms with van der Waals surface area (Å²) in [7, 11) is -3.19. The smallest absolute Gasteiger partial charge is 0.244 e. The van der Waals surface area contributed by atoms with Gasteiger partial charge >= 0.3 is 0 Å². The maximum Gasteiger partial charge on any atom is 0.251 e. The molecule has 0 spiro atoms. The molecule has 0 saturated carbocycles. The molecule has 1 rings (SSSR count). The Hall–Kier alpha value is -0.110. The largest absolute Gasteiger partial charge is 0.251 e. The van der Waals surface area contributed by atoms with E-state index in [-0.39, 0.29) is 0 Å². The van der Waals surface area contributed by atoms with Gasteiger partial charge < -0.3 is 0 Å². The van der Waals surface area contributed by atoms with Gasteiger partial charge in [-0.3, -0.25) is 0 Å². The van der Waals surface area contributed by atoms with Gasteiger partial charge in [-0.2, -0.15) is 0 Å². The van der Waals surface area contributed by atoms with Crippen molar-refractivity contribution in [2.75, 3.05) is 0 Å². The monoisotopic (exact) mass is 286 g/mol. The molecule has 62 valence electrons. The van der Waals surface area contributed by atoms with Crippen molar-refractivity contribution in [3.63, 3.8) is 0 Å². The third-order valence-electron chi connectivity index (χ3n) is 1.18. The number of hydrogen-bond acceptors (Lipinski definition) is 3. The Bertz CT molecular complexity index is 316. The fourth-order valence-electron chi connectivity index (χ4n) is 0.565. The Morgan fingerprint density at radius 1 is 1.64 bits per heavy atom. The summed E-state index contributed by atoms with van der Waals surface area (Å²) in [6.45, 7) is 1.62. The average molecular weight is 286 g/mol. The lowest BCUT2D eigenvalue weighted by molar-refractivity contribution is 0.587. The third-order valence-corrected chi connectivity index (χ3v) is 4.74. The molecule has 0 aromatic carbocycles. The second-order valence-corrected chi connectivity index (χ2v) is 6.85. The van der Waals surface area contributed by atoms with Gasteiger partial charge in [0.15, 0.2) is 0 Å². The molecule has 0 aliphatic carbocycles. The molecule has 1 unspecified atom stereocenters. The van der Waals surface area contributed by atoms with Gasteiger partial charge in [0.2, 0.25) is 0 Å². The van der Waals surface area contributed by atoms with Gasteiger partial charge in [0.25, 0.3) is 10.0 Å². The highest BCUT2D eigenvalue weighted by atomic mass is 127. The normalized spacial score (nSPS) is 14.7. The van der Waals surface area contributed by atoms with Crippen LogP contribution in [0.2, 0.25) is 0 Å². The Morgan fingerprint density at radius 3 is 2.64 bits per heavy atom. The van der Waals surface area contributed by atoms with E-state index < -0.39 is 13.3 Å². The minimum absolute atomic E-state index is 0.436. The minimum atomic E-state index is -3.19. The van der Waals surface area contributed by atoms with Crippen molar-refractivity contribution < 1.29 is 8.42 Å². The number of halogens is 1. The van der Waals surface area contributed by atoms with E-state index >= 15 is 0 Å². The number of alkyl halides is 1. The highest BCUT2D eigenvalue weighted by Crippen LogP contribution is 2.11. The second-order valence-electron chi connectivity index (χ2n) is 1.98. The van der Waals surface area contributed by atoms with Gasteiger partial charge in [-0.05, 0) is 6.92 Å². The highest BCUT2D eigenvalue weighted by molar-refractivity contribution is 14.1. The zero-order valence-corrected chi connectivity index (χ0v) is 8.78. The molecule has 0 saturated heterocycles. The van der Waals surface area contributed by atoms with Crippen molar-refractivity contribution in [3.8, 4) is 0 Å². The van der Waals surface area contributed by atoms with Crippen LogP contribution in [-0.4, -0.2) is 20.6 Å². The topological polar surface area (TPSA) is 52.0 Å². The lowest BCUT2D eigenvalue weighted by Gasteiger charge is -2.05. The fourth-order valence-corrected chi connectivity index (χ4v) is 2.10. The molecular weight excluding hydrogens is 279 g/mol. The number of rotatable bonds is 2. The molecule has 4 nitrogen and oxygen atoms in total. The van der Waals surface area contributed by atoms with Gasteiger partial charge in [-0.1, -0.05) is 22.6 Å². The molecule has 11 heavy (non-hydrogen) atoms. The molecule has 1 aromatic rings. The second kappa shape index (κ2) is 3.10. The first kappa shape index (κ1) is 8.98. The summed E-state index contributed by atoms with van der Waals surface area (Å²) in [6.07, 6.45) is 4.14. The Labute approximate surface area is 78.8 Å². The van der Waals surface area contributed by atoms with Crippen LogP contribution in [0.25, 0.3) is 0 Å². The lowest BCUT2D eigenvalue weighted by Crippen LogP contribution is -2.18. The summed E-state index contributed by atoms with van der Waals surface area (Å²) >= 11 is 1.85. The summed E-state index contributed by atoms with van der Waals surface area (Å²) in [5, 5.41) is 0. The summed E-state index contributed by atoms with van der Waals surface area (Å²) in [5.41, 5.74) is 0. The van der Waals surface area contributed by atoms with Crippen molar-refractivity contribution >= 4 is 32.6 Å². The van der Waals surface area contributed by atoms with Crippen LogP contribution < -0.4 is 0 Å². The molecule has 1 aromatic heterocycles. The third kappa shape index (κ3) is 1.73. The average Bonchev–Trinajstić information content (AvgIpc) is 2.37. The van der Waals surface area contributed by atoms with Crippen molar-refractivity contribution in [2.24, 2.45) is 0 Å². The van der Waals surface area contributed by atoms with Crippen molar-refractivity contribution in [3.05, 3.63) is 18.7 Å². The van der Waals surface area contributed by atoms with Crippen LogP contribution in [0.3, 0.4) is 0 Å². The predicted octanol–water partition coefficient (Wildman–Crippen LogP) is 0.842. The van der Waals surface area contributed by atoms with E-state index in [0.29, 0.717) is 0 Å². The molecule has 0 N–H and O–H groups in total. The molecular formula is C5H7IN2O2S. The van der Waals surface area contributed by atoms with Gasteiger partial charge in [0, 0.05) is 12.4 Å². The fraction of sp³-hybridized carbons (Fsp3) is 0.400. The molecule has 0 fully saturated rings. The van der Waals surface area contributed by atoms with E-state index in [1.54, 1.807) is 6.92 Å². The molecule has 0 aliphatic heterocycles. The van der Waals surface area contributed by atoms with Crippen molar-refractivity contribution in [1.82, 2.24) is 8.96 Å². The van der Waals surface area contributed by atoms with Gasteiger partial charge in [0.1, 0.15) is 9.58 Å². The quantitative estimate of drug-likeness (QED) is 0.598. The van der Waals surface area contributed by atoms with E-state index in [0.717, 1.165) is 3.97 Å². The number of nitrogens with zero attached hydrogens (tertiary/aromatic N) is 2. The van der Waals surface area contributed by atoms with Crippen LogP contribution in [0.1, 0.15) is 6.92 Å². The first-order valence-electron chi connectivity index (χ1n) is 2.91. The minimum Gasteiger partial charge on any atom is -0.244 e. The van der Waals surface area contributed by atoms with Crippen LogP contribution >= 0.6 is 22.6 Å². The van der Waals surface area contributed by atoms with Crippen molar-refractivity contribution in [2.45, 2.75) is 10.2 Å². The first-order chi connectivity index (χ1) is 5.05. The van der Waals surface area contributed by atoms with Crippen LogP contribution in [0.5, 0.6) is 0 Å². The van der Waals surface area contributed by atoms with E-state index in [4.69, 9.17) is 0 Å². The van der Waals surface area contributed by atoms with E-state index in [2.05, 4.69) is 4.98 Å². The Kier molecular flexibility index (Phi) is 2.53. The SMILES string of the molecule is CC(I)S(=O)(=O)n1ccnc1. The number of hydrogen-bond donors (Lipinski definition) is 0. The molecule has 0 aliphatic rings. The summed E-state index contributed by atoms with van der Waals surface area (Å²) < 4.78 is 23.3. The number of imidazole rings is 1. The Balaban J connectivity index is 3.12. The standard InChI is InChI=1S/C5H7IN2O2S/c1-5(6)11(9,10)8-3-2-7-4-8/h2-5H,1H3. The van der Waals surface area contributed by atoms with Crippen LogP contribution in [-0.2, 0) is 10.0 Å². The predicted molar refractivity (Wildman–Crippen MR) is 50.0 cm³/mol. The molecule has 0 bridgehead atoms. The maximum absolute atomic E-state index is 11.3. The van der Waals surface area contributed by atoms with E-state index in [1.165, 1.54) is 18.7 Å². The molecule has 1 heterocycles. The number of aromatic nitrogens is 2. The first-order valence-corrected chi connectivity index (χ1v) is 5.66. The highest BCUT2D eigenvalue weighted by Gasteiger charge is 2.18. The molecule has 0 amide bonds.